The minimum Gasteiger partial charge on any atom is -0.309 e. The number of hydrogen-bond donors (Lipinski definition) is 0. The molecule has 30 rings (SSSR count). The Kier molecular flexibility index (Phi) is 21.6. The molecular formula is C136H88N14. The third-order valence-electron chi connectivity index (χ3n) is 29.0. The molecule has 0 bridgehead atoms. The zero-order valence-corrected chi connectivity index (χ0v) is 81.1. The molecule has 0 fully saturated rings. The average Bonchev–Trinajstić information content (AvgIpc) is 1.58. The van der Waals surface area contributed by atoms with Crippen molar-refractivity contribution in [1.29, 1.82) is 0 Å². The molecule has 12 heterocycles. The van der Waals surface area contributed by atoms with Crippen LogP contribution in [0.1, 0.15) is 0 Å². The molecule has 150 heavy (non-hydrogen) atoms. The summed E-state index contributed by atoms with van der Waals surface area (Å²) in [6, 6.07) is 179. The van der Waals surface area contributed by atoms with Crippen molar-refractivity contribution in [3.05, 3.63) is 534 Å². The topological polar surface area (TPSA) is 133 Å². The Morgan fingerprint density at radius 1 is 0.147 bits per heavy atom. The van der Waals surface area contributed by atoms with E-state index in [4.69, 9.17) is 39.9 Å². The molecule has 0 spiro atoms. The van der Waals surface area contributed by atoms with Crippen molar-refractivity contribution in [1.82, 2.24) is 67.3 Å². The summed E-state index contributed by atoms with van der Waals surface area (Å²) in [6.45, 7) is 0. The Hall–Kier alpha value is -20.5. The SMILES string of the molecule is c1ccc(-c2cc(-c3ccccc3)nc(-n3c4ccc(-c5ccc6c7ccccc7n(-c7ccccc7)c6c5)cc4c4cccnc43)n2)cc1.c1ccc(-c2cc(-n3c4ccc(-c5ccc6c7ccccc7n(-c7ccccc7)c6c5)cc4c4cccnc43)cc(-c3ccccc3)n2)cc1.c1ccc(-c2ncc(-n3c4ccc(-c5ccc6c7ccccc7n(-c7ccccc7)c6c5)cc4c4cccnc43)c(-c3ccccc3)n2)cc1. The predicted octanol–water partition coefficient (Wildman–Crippen LogP) is 33.8. The molecule has 0 amide bonds. The van der Waals surface area contributed by atoms with Crippen LogP contribution in [0.4, 0.5) is 0 Å². The summed E-state index contributed by atoms with van der Waals surface area (Å²) in [5, 5.41) is 14.1. The normalized spacial score (nSPS) is 11.6. The molecule has 0 aliphatic carbocycles. The first-order chi connectivity index (χ1) is 74.4. The first-order valence-electron chi connectivity index (χ1n) is 50.5. The number of nitrogens with zero attached hydrogens (tertiary/aromatic N) is 14. The summed E-state index contributed by atoms with van der Waals surface area (Å²) in [6.07, 6.45) is 7.52. The fourth-order valence-corrected chi connectivity index (χ4v) is 22.1. The summed E-state index contributed by atoms with van der Waals surface area (Å²) < 4.78 is 13.7. The Labute approximate surface area is 862 Å². The van der Waals surface area contributed by atoms with Crippen molar-refractivity contribution in [2.75, 3.05) is 0 Å². The Morgan fingerprint density at radius 2 is 0.427 bits per heavy atom. The maximum atomic E-state index is 5.17. The van der Waals surface area contributed by atoms with Crippen LogP contribution in [-0.2, 0) is 0 Å². The molecule has 0 saturated heterocycles. The molecule has 0 unspecified atom stereocenters. The minimum atomic E-state index is 0.588. The fraction of sp³-hybridized carbons (Fsp3) is 0. The lowest BCUT2D eigenvalue weighted by atomic mass is 10.0. The molecule has 0 aliphatic rings. The molecular weight excluding hydrogens is 1830 g/mol. The summed E-state index contributed by atoms with van der Waals surface area (Å²) >= 11 is 0. The summed E-state index contributed by atoms with van der Waals surface area (Å²) in [5.74, 6) is 1.28. The van der Waals surface area contributed by atoms with Gasteiger partial charge in [-0.1, -0.05) is 346 Å². The second-order valence-electron chi connectivity index (χ2n) is 37.7. The lowest BCUT2D eigenvalue weighted by Crippen LogP contribution is -2.04. The number of fused-ring (bicyclic) bond motifs is 18. The van der Waals surface area contributed by atoms with Gasteiger partial charge in [-0.2, -0.15) is 0 Å². The van der Waals surface area contributed by atoms with Crippen LogP contribution in [-0.4, -0.2) is 67.3 Å². The van der Waals surface area contributed by atoms with E-state index < -0.39 is 0 Å². The summed E-state index contributed by atoms with van der Waals surface area (Å²) in [5.41, 5.74) is 35.8. The van der Waals surface area contributed by atoms with Gasteiger partial charge in [-0.05, 0) is 197 Å². The summed E-state index contributed by atoms with van der Waals surface area (Å²) in [4.78, 5) is 40.3. The molecule has 14 nitrogen and oxygen atoms in total. The molecule has 18 aromatic carbocycles. The van der Waals surface area contributed by atoms with Gasteiger partial charge in [-0.3, -0.25) is 13.7 Å². The quantitative estimate of drug-likeness (QED) is 0.0991. The van der Waals surface area contributed by atoms with Gasteiger partial charge >= 0.3 is 0 Å². The van der Waals surface area contributed by atoms with Gasteiger partial charge in [0.1, 0.15) is 16.9 Å². The highest BCUT2D eigenvalue weighted by Gasteiger charge is 2.27. The smallest absolute Gasteiger partial charge is 0.237 e. The summed E-state index contributed by atoms with van der Waals surface area (Å²) in [7, 11) is 0. The highest BCUT2D eigenvalue weighted by Crippen LogP contribution is 2.46. The maximum absolute atomic E-state index is 5.17. The third-order valence-corrected chi connectivity index (χ3v) is 29.0. The van der Waals surface area contributed by atoms with Crippen LogP contribution in [0, 0.1) is 0 Å². The van der Waals surface area contributed by atoms with Crippen molar-refractivity contribution in [3.63, 3.8) is 0 Å². The third kappa shape index (κ3) is 15.4. The van der Waals surface area contributed by atoms with Crippen LogP contribution in [0.5, 0.6) is 0 Å². The van der Waals surface area contributed by atoms with E-state index in [1.54, 1.807) is 0 Å². The Bertz CT molecular complexity index is 9930. The van der Waals surface area contributed by atoms with Crippen LogP contribution < -0.4 is 0 Å². The van der Waals surface area contributed by atoms with E-state index >= 15 is 0 Å². The largest absolute Gasteiger partial charge is 0.309 e. The number of benzene rings is 18. The Morgan fingerprint density at radius 3 is 0.807 bits per heavy atom. The fourth-order valence-electron chi connectivity index (χ4n) is 22.1. The van der Waals surface area contributed by atoms with Gasteiger partial charge in [0.2, 0.25) is 5.95 Å². The minimum absolute atomic E-state index is 0.588. The van der Waals surface area contributed by atoms with E-state index in [1.807, 2.05) is 140 Å². The lowest BCUT2D eigenvalue weighted by molar-refractivity contribution is 0.982. The van der Waals surface area contributed by atoms with Crippen molar-refractivity contribution in [2.45, 2.75) is 0 Å². The average molecular weight is 1920 g/mol. The van der Waals surface area contributed by atoms with Gasteiger partial charge in [0, 0.05) is 134 Å². The first kappa shape index (κ1) is 87.3. The second kappa shape index (κ2) is 37.0. The molecule has 12 aromatic heterocycles. The van der Waals surface area contributed by atoms with Crippen molar-refractivity contribution in [2.24, 2.45) is 0 Å². The highest BCUT2D eigenvalue weighted by atomic mass is 15.2. The van der Waals surface area contributed by atoms with Crippen LogP contribution in [0.15, 0.2) is 534 Å². The van der Waals surface area contributed by atoms with Gasteiger partial charge in [0.05, 0.1) is 95.7 Å². The van der Waals surface area contributed by atoms with Gasteiger partial charge in [-0.15, -0.1) is 0 Å². The van der Waals surface area contributed by atoms with Gasteiger partial charge in [0.25, 0.3) is 0 Å². The molecule has 0 aliphatic heterocycles. The molecule has 0 atom stereocenters. The number of para-hydroxylation sites is 6. The predicted molar refractivity (Wildman–Crippen MR) is 617 cm³/mol. The van der Waals surface area contributed by atoms with Crippen LogP contribution in [0.2, 0.25) is 0 Å². The van der Waals surface area contributed by atoms with Crippen LogP contribution >= 0.6 is 0 Å². The number of rotatable bonds is 15. The van der Waals surface area contributed by atoms with E-state index in [9.17, 15) is 0 Å². The van der Waals surface area contributed by atoms with E-state index in [0.717, 1.165) is 184 Å². The lowest BCUT2D eigenvalue weighted by Gasteiger charge is -2.14. The molecule has 30 aromatic rings. The second-order valence-corrected chi connectivity index (χ2v) is 37.7. The van der Waals surface area contributed by atoms with Gasteiger partial charge in [-0.25, -0.2) is 39.9 Å². The first-order valence-corrected chi connectivity index (χ1v) is 50.5. The molecule has 0 N–H and O–H groups in total. The van der Waals surface area contributed by atoms with E-state index in [-0.39, 0.29) is 0 Å². The number of pyridine rings is 4. The Balaban J connectivity index is 0.000000108. The van der Waals surface area contributed by atoms with Gasteiger partial charge in [0.15, 0.2) is 5.82 Å². The molecule has 0 radical (unpaired) electrons. The van der Waals surface area contributed by atoms with E-state index in [1.165, 1.54) is 71.0 Å². The van der Waals surface area contributed by atoms with E-state index in [0.29, 0.717) is 11.8 Å². The molecule has 0 saturated carbocycles. The molecule has 702 valence electrons. The zero-order chi connectivity index (χ0) is 99.1. The van der Waals surface area contributed by atoms with Crippen molar-refractivity contribution >= 4 is 131 Å². The number of aromatic nitrogens is 14. The van der Waals surface area contributed by atoms with Gasteiger partial charge < -0.3 is 13.7 Å². The standard InChI is InChI=1S/C46H30N4.2C45H29N5/c1-4-13-31(14-5-1)41-29-36(30-42(48-41)32-15-6-2-7-16-32)50-44-25-23-33(27-40(44)39-20-12-26-47-46(39)50)34-22-24-38-37-19-10-11-21-43(37)49(45(38)28-34)35-17-8-3-9-18-35;1-4-13-30(14-5-1)39-29-40(31-15-6-2-7-16-31)48-45(47-39)50-42-25-23-32(27-38(42)37-20-12-26-46-44(37)50)33-22-24-36-35-19-10-11-21-41(35)49(43(36)28-33)34-17-8-3-9-18-34;1-4-13-30(14-5-1)43-42(29-47-44(48-43)31-15-6-2-7-16-31)50-40-25-23-32(27-38(40)37-20-12-26-46-45(37)50)33-22-24-36-35-19-10-11-21-39(35)49(41(36)28-33)34-17-8-3-9-18-34/h1-30H;2*1-29H. The van der Waals surface area contributed by atoms with Crippen LogP contribution in [0.25, 0.3) is 267 Å². The maximum Gasteiger partial charge on any atom is 0.237 e. The highest BCUT2D eigenvalue weighted by molar-refractivity contribution is 6.17. The van der Waals surface area contributed by atoms with Crippen molar-refractivity contribution in [3.8, 4) is 135 Å². The van der Waals surface area contributed by atoms with E-state index in [2.05, 4.69) is 422 Å². The number of hydrogen-bond acceptors (Lipinski definition) is 8. The van der Waals surface area contributed by atoms with Crippen LogP contribution in [0.3, 0.4) is 0 Å². The zero-order valence-electron chi connectivity index (χ0n) is 81.1. The monoisotopic (exact) mass is 1920 g/mol. The molecule has 14 heteroatoms. The van der Waals surface area contributed by atoms with Crippen molar-refractivity contribution < 1.29 is 0 Å².